The van der Waals surface area contributed by atoms with E-state index < -0.39 is 5.82 Å². The first kappa shape index (κ1) is 13.5. The predicted molar refractivity (Wildman–Crippen MR) is 74.2 cm³/mol. The first-order valence-electron chi connectivity index (χ1n) is 5.56. The lowest BCUT2D eigenvalue weighted by atomic mass is 10.0. The van der Waals surface area contributed by atoms with Crippen LogP contribution in [-0.2, 0) is 6.42 Å². The maximum absolute atomic E-state index is 13.4. The standard InChI is InChI=1S/C13H14ClFN2S/c1-8-5-6-18-13(8)11(17-16)7-9-3-2-4-10(15)12(9)14/h2-6,11,17H,7,16H2,1H3. The van der Waals surface area contributed by atoms with Crippen LogP contribution >= 0.6 is 22.9 Å². The molecule has 0 radical (unpaired) electrons. The van der Waals surface area contributed by atoms with Crippen LogP contribution in [0.5, 0.6) is 0 Å². The van der Waals surface area contributed by atoms with Crippen molar-refractivity contribution in [3.8, 4) is 0 Å². The fourth-order valence-electron chi connectivity index (χ4n) is 1.89. The van der Waals surface area contributed by atoms with Crippen molar-refractivity contribution >= 4 is 22.9 Å². The Morgan fingerprint density at radius 3 is 2.83 bits per heavy atom. The molecular weight excluding hydrogens is 271 g/mol. The van der Waals surface area contributed by atoms with Gasteiger partial charge in [-0.15, -0.1) is 11.3 Å². The van der Waals surface area contributed by atoms with Crippen molar-refractivity contribution in [2.75, 3.05) is 0 Å². The fraction of sp³-hybridized carbons (Fsp3) is 0.231. The molecule has 0 aliphatic rings. The molecule has 0 aliphatic heterocycles. The Balaban J connectivity index is 2.26. The van der Waals surface area contributed by atoms with Gasteiger partial charge >= 0.3 is 0 Å². The molecule has 2 aromatic rings. The average Bonchev–Trinajstić information content (AvgIpc) is 2.77. The molecule has 0 saturated carbocycles. The highest BCUT2D eigenvalue weighted by Gasteiger charge is 2.16. The van der Waals surface area contributed by atoms with Crippen molar-refractivity contribution < 1.29 is 4.39 Å². The SMILES string of the molecule is Cc1ccsc1C(Cc1cccc(F)c1Cl)NN. The van der Waals surface area contributed by atoms with E-state index in [4.69, 9.17) is 17.4 Å². The van der Waals surface area contributed by atoms with Crippen molar-refractivity contribution in [3.63, 3.8) is 0 Å². The zero-order chi connectivity index (χ0) is 13.1. The van der Waals surface area contributed by atoms with Crippen molar-refractivity contribution in [1.82, 2.24) is 5.43 Å². The average molecular weight is 285 g/mol. The number of aryl methyl sites for hydroxylation is 1. The van der Waals surface area contributed by atoms with Crippen molar-refractivity contribution in [1.29, 1.82) is 0 Å². The van der Waals surface area contributed by atoms with Crippen molar-refractivity contribution in [3.05, 3.63) is 56.5 Å². The van der Waals surface area contributed by atoms with E-state index >= 15 is 0 Å². The summed E-state index contributed by atoms with van der Waals surface area (Å²) in [6.07, 6.45) is 0.564. The first-order valence-corrected chi connectivity index (χ1v) is 6.82. The number of halogens is 2. The van der Waals surface area contributed by atoms with Gasteiger partial charge in [-0.25, -0.2) is 4.39 Å². The largest absolute Gasteiger partial charge is 0.271 e. The molecule has 1 aromatic heterocycles. The molecule has 2 rings (SSSR count). The lowest BCUT2D eigenvalue weighted by Crippen LogP contribution is -2.29. The molecule has 0 amide bonds. The van der Waals surface area contributed by atoms with Gasteiger partial charge in [0.05, 0.1) is 11.1 Å². The summed E-state index contributed by atoms with van der Waals surface area (Å²) in [6, 6.07) is 6.82. The lowest BCUT2D eigenvalue weighted by Gasteiger charge is -2.16. The van der Waals surface area contributed by atoms with Crippen LogP contribution in [0, 0.1) is 12.7 Å². The van der Waals surface area contributed by atoms with Gasteiger partial charge < -0.3 is 0 Å². The molecule has 1 aromatic carbocycles. The molecule has 0 bridgehead atoms. The molecule has 18 heavy (non-hydrogen) atoms. The van der Waals surface area contributed by atoms with Crippen LogP contribution in [0.4, 0.5) is 4.39 Å². The summed E-state index contributed by atoms with van der Waals surface area (Å²) >= 11 is 7.59. The number of thiophene rings is 1. The lowest BCUT2D eigenvalue weighted by molar-refractivity contribution is 0.555. The third-order valence-corrected chi connectivity index (χ3v) is 4.43. The van der Waals surface area contributed by atoms with Gasteiger partial charge in [0.15, 0.2) is 0 Å². The van der Waals surface area contributed by atoms with Crippen LogP contribution < -0.4 is 11.3 Å². The number of hydrogen-bond acceptors (Lipinski definition) is 3. The monoisotopic (exact) mass is 284 g/mol. The van der Waals surface area contributed by atoms with Gasteiger partial charge in [-0.05, 0) is 42.0 Å². The number of hydrazine groups is 1. The Labute approximate surface area is 115 Å². The molecule has 0 aliphatic carbocycles. The van der Waals surface area contributed by atoms with Crippen LogP contribution in [0.15, 0.2) is 29.6 Å². The summed E-state index contributed by atoms with van der Waals surface area (Å²) in [5, 5.41) is 2.19. The zero-order valence-corrected chi connectivity index (χ0v) is 11.5. The molecule has 3 N–H and O–H groups in total. The van der Waals surface area contributed by atoms with Crippen LogP contribution in [0.1, 0.15) is 22.0 Å². The Morgan fingerprint density at radius 2 is 2.22 bits per heavy atom. The summed E-state index contributed by atoms with van der Waals surface area (Å²) in [4.78, 5) is 1.15. The highest BCUT2D eigenvalue weighted by Crippen LogP contribution is 2.29. The van der Waals surface area contributed by atoms with E-state index in [9.17, 15) is 4.39 Å². The maximum Gasteiger partial charge on any atom is 0.142 e. The van der Waals surface area contributed by atoms with Crippen LogP contribution in [-0.4, -0.2) is 0 Å². The Morgan fingerprint density at radius 1 is 1.44 bits per heavy atom. The first-order chi connectivity index (χ1) is 8.63. The van der Waals surface area contributed by atoms with E-state index in [-0.39, 0.29) is 11.1 Å². The number of nitrogens with one attached hydrogen (secondary N) is 1. The third kappa shape index (κ3) is 2.72. The highest BCUT2D eigenvalue weighted by molar-refractivity contribution is 7.10. The quantitative estimate of drug-likeness (QED) is 0.665. The minimum atomic E-state index is -0.396. The smallest absolute Gasteiger partial charge is 0.142 e. The second-order valence-corrected chi connectivity index (χ2v) is 5.43. The number of nitrogens with two attached hydrogens (primary N) is 1. The molecular formula is C13H14ClFN2S. The minimum Gasteiger partial charge on any atom is -0.271 e. The van der Waals surface area contributed by atoms with E-state index in [1.165, 1.54) is 11.6 Å². The Bertz CT molecular complexity index is 542. The van der Waals surface area contributed by atoms with Gasteiger partial charge in [0.25, 0.3) is 0 Å². The van der Waals surface area contributed by atoms with Crippen molar-refractivity contribution in [2.45, 2.75) is 19.4 Å². The fourth-order valence-corrected chi connectivity index (χ4v) is 3.09. The summed E-state index contributed by atoms with van der Waals surface area (Å²) in [6.45, 7) is 2.03. The van der Waals surface area contributed by atoms with E-state index in [1.54, 1.807) is 17.4 Å². The van der Waals surface area contributed by atoms with Gasteiger partial charge in [-0.3, -0.25) is 11.3 Å². The van der Waals surface area contributed by atoms with Crippen LogP contribution in [0.2, 0.25) is 5.02 Å². The molecule has 0 saturated heterocycles. The Hall–Kier alpha value is -0.940. The van der Waals surface area contributed by atoms with E-state index in [0.717, 1.165) is 10.4 Å². The second kappa shape index (κ2) is 5.80. The molecule has 0 fully saturated rings. The van der Waals surface area contributed by atoms with Crippen LogP contribution in [0.25, 0.3) is 0 Å². The zero-order valence-electron chi connectivity index (χ0n) is 9.91. The van der Waals surface area contributed by atoms with Gasteiger partial charge in [0.2, 0.25) is 0 Å². The van der Waals surface area contributed by atoms with E-state index in [2.05, 4.69) is 5.43 Å². The van der Waals surface area contributed by atoms with Crippen molar-refractivity contribution in [2.24, 2.45) is 5.84 Å². The minimum absolute atomic E-state index is 0.0516. The maximum atomic E-state index is 13.4. The predicted octanol–water partition coefficient (Wildman–Crippen LogP) is 3.60. The normalized spacial score (nSPS) is 12.7. The second-order valence-electron chi connectivity index (χ2n) is 4.10. The summed E-state index contributed by atoms with van der Waals surface area (Å²) in [5.41, 5.74) is 4.70. The highest BCUT2D eigenvalue weighted by atomic mass is 35.5. The van der Waals surface area contributed by atoms with Gasteiger partial charge in [-0.1, -0.05) is 23.7 Å². The van der Waals surface area contributed by atoms with Gasteiger partial charge in [-0.2, -0.15) is 0 Å². The number of hydrogen-bond donors (Lipinski definition) is 2. The van der Waals surface area contributed by atoms with Gasteiger partial charge in [0.1, 0.15) is 5.82 Å². The third-order valence-electron chi connectivity index (χ3n) is 2.87. The molecule has 0 spiro atoms. The molecule has 2 nitrogen and oxygen atoms in total. The molecule has 5 heteroatoms. The number of benzene rings is 1. The summed E-state index contributed by atoms with van der Waals surface area (Å²) in [5.74, 6) is 5.19. The van der Waals surface area contributed by atoms with E-state index in [1.807, 2.05) is 24.4 Å². The van der Waals surface area contributed by atoms with E-state index in [0.29, 0.717) is 6.42 Å². The number of rotatable bonds is 4. The molecule has 96 valence electrons. The molecule has 1 heterocycles. The van der Waals surface area contributed by atoms with Crippen LogP contribution in [0.3, 0.4) is 0 Å². The summed E-state index contributed by atoms with van der Waals surface area (Å²) in [7, 11) is 0. The molecule has 1 unspecified atom stereocenters. The van der Waals surface area contributed by atoms with Gasteiger partial charge in [0, 0.05) is 4.88 Å². The molecule has 1 atom stereocenters. The summed E-state index contributed by atoms with van der Waals surface area (Å²) < 4.78 is 13.4. The topological polar surface area (TPSA) is 38.0 Å². The Kier molecular flexibility index (Phi) is 4.35.